The zero-order valence-corrected chi connectivity index (χ0v) is 17.9. The Labute approximate surface area is 182 Å². The molecule has 1 aliphatic heterocycles. The molecule has 0 bridgehead atoms. The number of hydrogen-bond acceptors (Lipinski definition) is 3. The SMILES string of the molecule is C=C1c2ccccc2C[C@]2(S(=O)(=O)c3ccccc3)C(=O)N(Cc3ccccc3)C[C@H]12. The van der Waals surface area contributed by atoms with Gasteiger partial charge in [0.1, 0.15) is 0 Å². The van der Waals surface area contributed by atoms with Crippen LogP contribution in [0.15, 0.2) is 96.4 Å². The van der Waals surface area contributed by atoms with Gasteiger partial charge in [0.2, 0.25) is 5.91 Å². The molecule has 1 fully saturated rings. The van der Waals surface area contributed by atoms with Gasteiger partial charge in [-0.05, 0) is 34.4 Å². The highest BCUT2D eigenvalue weighted by atomic mass is 32.2. The van der Waals surface area contributed by atoms with E-state index < -0.39 is 20.5 Å². The molecule has 0 radical (unpaired) electrons. The summed E-state index contributed by atoms with van der Waals surface area (Å²) in [5, 5.41) is 0. The largest absolute Gasteiger partial charge is 0.336 e. The number of carbonyl (C=O) groups is 1. The van der Waals surface area contributed by atoms with Gasteiger partial charge in [-0.1, -0.05) is 79.4 Å². The van der Waals surface area contributed by atoms with Crippen LogP contribution in [0.3, 0.4) is 0 Å². The zero-order chi connectivity index (χ0) is 21.6. The fraction of sp³-hybridized carbons (Fsp3) is 0.192. The van der Waals surface area contributed by atoms with Gasteiger partial charge in [-0.3, -0.25) is 4.79 Å². The molecule has 2 atom stereocenters. The smallest absolute Gasteiger partial charge is 0.245 e. The molecule has 3 aromatic rings. The van der Waals surface area contributed by atoms with Crippen LogP contribution in [-0.2, 0) is 27.6 Å². The molecule has 1 saturated heterocycles. The van der Waals surface area contributed by atoms with Crippen molar-refractivity contribution in [3.63, 3.8) is 0 Å². The van der Waals surface area contributed by atoms with Crippen LogP contribution in [0.5, 0.6) is 0 Å². The number of rotatable bonds is 4. The molecule has 2 aliphatic rings. The van der Waals surface area contributed by atoms with E-state index in [-0.39, 0.29) is 17.2 Å². The molecule has 31 heavy (non-hydrogen) atoms. The van der Waals surface area contributed by atoms with Gasteiger partial charge in [0.25, 0.3) is 0 Å². The van der Waals surface area contributed by atoms with Crippen LogP contribution in [0.4, 0.5) is 0 Å². The molecule has 4 nitrogen and oxygen atoms in total. The van der Waals surface area contributed by atoms with Crippen molar-refractivity contribution >= 4 is 21.3 Å². The average Bonchev–Trinajstić information content (AvgIpc) is 3.08. The number of amides is 1. The van der Waals surface area contributed by atoms with Crippen molar-refractivity contribution in [2.24, 2.45) is 5.92 Å². The van der Waals surface area contributed by atoms with Crippen LogP contribution >= 0.6 is 0 Å². The van der Waals surface area contributed by atoms with Gasteiger partial charge < -0.3 is 4.90 Å². The fourth-order valence-corrected chi connectivity index (χ4v) is 7.30. The summed E-state index contributed by atoms with van der Waals surface area (Å²) in [6.45, 7) is 5.00. The summed E-state index contributed by atoms with van der Waals surface area (Å²) < 4.78 is 26.6. The Morgan fingerprint density at radius 2 is 1.52 bits per heavy atom. The molecule has 0 saturated carbocycles. The molecule has 0 unspecified atom stereocenters. The summed E-state index contributed by atoms with van der Waals surface area (Å²) in [6.07, 6.45) is 0.161. The lowest BCUT2D eigenvalue weighted by atomic mass is 9.74. The van der Waals surface area contributed by atoms with E-state index in [0.29, 0.717) is 13.1 Å². The zero-order valence-electron chi connectivity index (χ0n) is 17.1. The maximum Gasteiger partial charge on any atom is 0.245 e. The number of likely N-dealkylation sites (tertiary alicyclic amines) is 1. The molecule has 0 spiro atoms. The average molecular weight is 430 g/mol. The van der Waals surface area contributed by atoms with Gasteiger partial charge in [-0.25, -0.2) is 8.42 Å². The number of hydrogen-bond donors (Lipinski definition) is 0. The summed E-state index contributed by atoms with van der Waals surface area (Å²) in [7, 11) is -3.96. The molecule has 5 heteroatoms. The Morgan fingerprint density at radius 3 is 2.23 bits per heavy atom. The quantitative estimate of drug-likeness (QED) is 0.627. The molecule has 0 aromatic heterocycles. The first-order valence-corrected chi connectivity index (χ1v) is 11.8. The Bertz CT molecular complexity index is 1270. The number of nitrogens with zero attached hydrogens (tertiary/aromatic N) is 1. The first-order valence-electron chi connectivity index (χ1n) is 10.4. The Morgan fingerprint density at radius 1 is 0.903 bits per heavy atom. The van der Waals surface area contributed by atoms with Gasteiger partial charge >= 0.3 is 0 Å². The van der Waals surface area contributed by atoms with Crippen LogP contribution in [-0.4, -0.2) is 30.5 Å². The van der Waals surface area contributed by atoms with E-state index in [4.69, 9.17) is 0 Å². The van der Waals surface area contributed by atoms with E-state index >= 15 is 0 Å². The van der Waals surface area contributed by atoms with Gasteiger partial charge in [-0.2, -0.15) is 0 Å². The summed E-state index contributed by atoms with van der Waals surface area (Å²) in [5.74, 6) is -0.829. The lowest BCUT2D eigenvalue weighted by Gasteiger charge is -2.38. The van der Waals surface area contributed by atoms with Crippen molar-refractivity contribution in [3.05, 3.63) is 108 Å². The van der Waals surface area contributed by atoms with Crippen molar-refractivity contribution in [2.45, 2.75) is 22.6 Å². The Hall–Kier alpha value is -3.18. The second-order valence-electron chi connectivity index (χ2n) is 8.29. The summed E-state index contributed by atoms with van der Waals surface area (Å²) in [5.41, 5.74) is 3.52. The number of benzene rings is 3. The molecule has 0 N–H and O–H groups in total. The number of sulfone groups is 1. The number of carbonyl (C=O) groups excluding carboxylic acids is 1. The summed E-state index contributed by atoms with van der Waals surface area (Å²) >= 11 is 0. The fourth-order valence-electron chi connectivity index (χ4n) is 5.06. The highest BCUT2D eigenvalue weighted by Gasteiger charge is 2.65. The standard InChI is InChI=1S/C26H23NO3S/c1-19-23-15-9-8-12-21(23)16-26(31(29,30)22-13-6-3-7-14-22)24(19)18-27(25(26)28)17-20-10-4-2-5-11-20/h2-15,24H,1,16-18H2/t24-,26-/m1/s1. The lowest BCUT2D eigenvalue weighted by Crippen LogP contribution is -2.54. The van der Waals surface area contributed by atoms with Crippen LogP contribution in [0.25, 0.3) is 5.57 Å². The minimum Gasteiger partial charge on any atom is -0.336 e. The predicted octanol–water partition coefficient (Wildman–Crippen LogP) is 4.13. The maximum absolute atomic E-state index is 14.1. The van der Waals surface area contributed by atoms with Crippen LogP contribution in [0, 0.1) is 5.92 Å². The van der Waals surface area contributed by atoms with E-state index in [1.807, 2.05) is 54.6 Å². The van der Waals surface area contributed by atoms with E-state index in [1.165, 1.54) is 0 Å². The van der Waals surface area contributed by atoms with Crippen molar-refractivity contribution in [1.82, 2.24) is 4.90 Å². The molecular weight excluding hydrogens is 406 g/mol. The molecule has 156 valence electrons. The highest BCUT2D eigenvalue weighted by Crippen LogP contribution is 2.51. The normalized spacial score (nSPS) is 22.8. The molecule has 1 aliphatic carbocycles. The topological polar surface area (TPSA) is 54.5 Å². The van der Waals surface area contributed by atoms with Crippen LogP contribution < -0.4 is 0 Å². The molecule has 5 rings (SSSR count). The van der Waals surface area contributed by atoms with Crippen LogP contribution in [0.2, 0.25) is 0 Å². The first kappa shape index (κ1) is 19.8. The van der Waals surface area contributed by atoms with Crippen molar-refractivity contribution in [3.8, 4) is 0 Å². The van der Waals surface area contributed by atoms with E-state index in [0.717, 1.165) is 22.3 Å². The third kappa shape index (κ3) is 2.87. The van der Waals surface area contributed by atoms with E-state index in [2.05, 4.69) is 6.58 Å². The van der Waals surface area contributed by atoms with E-state index in [1.54, 1.807) is 35.2 Å². The van der Waals surface area contributed by atoms with Crippen molar-refractivity contribution in [1.29, 1.82) is 0 Å². The van der Waals surface area contributed by atoms with Gasteiger partial charge in [0.15, 0.2) is 14.6 Å². The maximum atomic E-state index is 14.1. The van der Waals surface area contributed by atoms with Gasteiger partial charge in [-0.15, -0.1) is 0 Å². The second-order valence-corrected chi connectivity index (χ2v) is 10.5. The molecule has 3 aromatic carbocycles. The predicted molar refractivity (Wildman–Crippen MR) is 121 cm³/mol. The van der Waals surface area contributed by atoms with Crippen molar-refractivity contribution in [2.75, 3.05) is 6.54 Å². The molecule has 1 heterocycles. The third-order valence-corrected chi connectivity index (χ3v) is 9.06. The minimum atomic E-state index is -3.96. The van der Waals surface area contributed by atoms with Gasteiger partial charge in [0.05, 0.1) is 4.90 Å². The highest BCUT2D eigenvalue weighted by molar-refractivity contribution is 7.93. The summed E-state index contributed by atoms with van der Waals surface area (Å²) in [4.78, 5) is 15.8. The Kier molecular flexibility index (Phi) is 4.59. The first-order chi connectivity index (χ1) is 14.9. The molecular formula is C26H23NO3S. The van der Waals surface area contributed by atoms with E-state index in [9.17, 15) is 13.2 Å². The second kappa shape index (κ2) is 7.20. The Balaban J connectivity index is 1.67. The molecule has 1 amide bonds. The minimum absolute atomic E-state index is 0.161. The third-order valence-electron chi connectivity index (χ3n) is 6.60. The van der Waals surface area contributed by atoms with Crippen molar-refractivity contribution < 1.29 is 13.2 Å². The van der Waals surface area contributed by atoms with Gasteiger partial charge in [0, 0.05) is 25.4 Å². The number of fused-ring (bicyclic) bond motifs is 2. The lowest BCUT2D eigenvalue weighted by molar-refractivity contribution is -0.130. The van der Waals surface area contributed by atoms with Crippen LogP contribution in [0.1, 0.15) is 16.7 Å². The summed E-state index contributed by atoms with van der Waals surface area (Å²) in [6, 6.07) is 25.7. The monoisotopic (exact) mass is 429 g/mol.